The molecule has 0 unspecified atom stereocenters. The molecule has 0 radical (unpaired) electrons. The van der Waals surface area contributed by atoms with E-state index in [0.29, 0.717) is 16.4 Å². The zero-order valence-electron chi connectivity index (χ0n) is 12.3. The number of carbonyl (C=O) groups excluding carboxylic acids is 1. The second kappa shape index (κ2) is 6.81. The summed E-state index contributed by atoms with van der Waals surface area (Å²) in [6.07, 6.45) is 0. The third kappa shape index (κ3) is 3.70. The van der Waals surface area contributed by atoms with E-state index in [2.05, 4.69) is 15.6 Å². The van der Waals surface area contributed by atoms with E-state index in [-0.39, 0.29) is 6.03 Å². The molecule has 116 valence electrons. The summed E-state index contributed by atoms with van der Waals surface area (Å²) in [6.45, 7) is 1.95. The van der Waals surface area contributed by atoms with Crippen molar-refractivity contribution in [2.45, 2.75) is 6.92 Å². The summed E-state index contributed by atoms with van der Waals surface area (Å²) in [5.41, 5.74) is 2.99. The van der Waals surface area contributed by atoms with Crippen LogP contribution in [0.2, 0.25) is 5.02 Å². The van der Waals surface area contributed by atoms with Gasteiger partial charge < -0.3 is 10.6 Å². The normalized spacial score (nSPS) is 10.3. The maximum absolute atomic E-state index is 12.2. The average Bonchev–Trinajstić information content (AvgIpc) is 2.96. The molecule has 3 rings (SSSR count). The van der Waals surface area contributed by atoms with E-state index < -0.39 is 0 Å². The van der Waals surface area contributed by atoms with Crippen molar-refractivity contribution in [3.63, 3.8) is 0 Å². The lowest BCUT2D eigenvalue weighted by Gasteiger charge is -2.11. The molecule has 0 fully saturated rings. The van der Waals surface area contributed by atoms with Gasteiger partial charge >= 0.3 is 6.03 Å². The molecule has 0 aliphatic heterocycles. The fraction of sp³-hybridized carbons (Fsp3) is 0.0588. The molecule has 6 heteroatoms. The number of carbonyl (C=O) groups is 1. The van der Waals surface area contributed by atoms with Crippen LogP contribution in [-0.4, -0.2) is 11.0 Å². The summed E-state index contributed by atoms with van der Waals surface area (Å²) in [7, 11) is 0. The molecule has 0 spiro atoms. The fourth-order valence-corrected chi connectivity index (χ4v) is 2.94. The molecule has 2 aromatic carbocycles. The number of urea groups is 1. The highest BCUT2D eigenvalue weighted by atomic mass is 35.5. The van der Waals surface area contributed by atoms with Crippen molar-refractivity contribution in [1.82, 2.24) is 4.98 Å². The Morgan fingerprint density at radius 3 is 2.39 bits per heavy atom. The SMILES string of the molecule is Cc1nc(-c2ccccc2NC(=O)Nc2ccccc2Cl)cs1. The van der Waals surface area contributed by atoms with Gasteiger partial charge in [-0.05, 0) is 25.1 Å². The Bertz CT molecular complexity index is 847. The van der Waals surface area contributed by atoms with Gasteiger partial charge in [-0.1, -0.05) is 41.9 Å². The molecule has 0 atom stereocenters. The minimum atomic E-state index is -0.350. The van der Waals surface area contributed by atoms with Crippen LogP contribution >= 0.6 is 22.9 Å². The second-order valence-corrected chi connectivity index (χ2v) is 6.33. The van der Waals surface area contributed by atoms with Crippen LogP contribution in [0, 0.1) is 6.92 Å². The van der Waals surface area contributed by atoms with Crippen LogP contribution in [0.25, 0.3) is 11.3 Å². The summed E-state index contributed by atoms with van der Waals surface area (Å²) >= 11 is 7.62. The minimum Gasteiger partial charge on any atom is -0.307 e. The number of hydrogen-bond donors (Lipinski definition) is 2. The van der Waals surface area contributed by atoms with E-state index in [4.69, 9.17) is 11.6 Å². The van der Waals surface area contributed by atoms with Crippen LogP contribution in [0.3, 0.4) is 0 Å². The van der Waals surface area contributed by atoms with Gasteiger partial charge in [-0.25, -0.2) is 9.78 Å². The average molecular weight is 344 g/mol. The third-order valence-electron chi connectivity index (χ3n) is 3.19. The summed E-state index contributed by atoms with van der Waals surface area (Å²) in [5, 5.41) is 9.04. The highest BCUT2D eigenvalue weighted by Crippen LogP contribution is 2.29. The summed E-state index contributed by atoms with van der Waals surface area (Å²) in [6, 6.07) is 14.3. The van der Waals surface area contributed by atoms with E-state index in [0.717, 1.165) is 16.3 Å². The van der Waals surface area contributed by atoms with Gasteiger partial charge in [0.05, 0.1) is 27.1 Å². The van der Waals surface area contributed by atoms with Gasteiger partial charge in [-0.15, -0.1) is 11.3 Å². The van der Waals surface area contributed by atoms with E-state index >= 15 is 0 Å². The van der Waals surface area contributed by atoms with Crippen molar-refractivity contribution in [3.8, 4) is 11.3 Å². The first kappa shape index (κ1) is 15.5. The van der Waals surface area contributed by atoms with Crippen molar-refractivity contribution in [3.05, 3.63) is 63.9 Å². The first-order valence-corrected chi connectivity index (χ1v) is 8.23. The number of para-hydroxylation sites is 2. The number of amides is 2. The van der Waals surface area contributed by atoms with Crippen LogP contribution in [0.15, 0.2) is 53.9 Å². The Hall–Kier alpha value is -2.37. The number of nitrogens with one attached hydrogen (secondary N) is 2. The van der Waals surface area contributed by atoms with Crippen molar-refractivity contribution < 1.29 is 4.79 Å². The molecule has 3 aromatic rings. The van der Waals surface area contributed by atoms with Crippen molar-refractivity contribution >= 4 is 40.3 Å². The van der Waals surface area contributed by atoms with E-state index in [9.17, 15) is 4.79 Å². The van der Waals surface area contributed by atoms with Gasteiger partial charge in [0.1, 0.15) is 0 Å². The van der Waals surface area contributed by atoms with Crippen LogP contribution < -0.4 is 10.6 Å². The Labute approximate surface area is 143 Å². The molecule has 4 nitrogen and oxygen atoms in total. The number of hydrogen-bond acceptors (Lipinski definition) is 3. The molecule has 1 aromatic heterocycles. The number of benzene rings is 2. The zero-order chi connectivity index (χ0) is 16.2. The maximum Gasteiger partial charge on any atom is 0.323 e. The van der Waals surface area contributed by atoms with E-state index in [1.54, 1.807) is 23.5 Å². The highest BCUT2D eigenvalue weighted by molar-refractivity contribution is 7.09. The molecule has 0 bridgehead atoms. The van der Waals surface area contributed by atoms with Crippen LogP contribution in [0.4, 0.5) is 16.2 Å². The monoisotopic (exact) mass is 343 g/mol. The lowest BCUT2D eigenvalue weighted by atomic mass is 10.1. The smallest absolute Gasteiger partial charge is 0.307 e. The maximum atomic E-state index is 12.2. The number of aryl methyl sites for hydroxylation is 1. The fourth-order valence-electron chi connectivity index (χ4n) is 2.14. The number of anilines is 2. The number of nitrogens with zero attached hydrogens (tertiary/aromatic N) is 1. The predicted octanol–water partition coefficient (Wildman–Crippen LogP) is 5.42. The molecule has 2 amide bonds. The summed E-state index contributed by atoms with van der Waals surface area (Å²) in [4.78, 5) is 16.7. The van der Waals surface area contributed by atoms with Gasteiger partial charge in [0.25, 0.3) is 0 Å². The molecule has 0 saturated carbocycles. The molecule has 1 heterocycles. The molecular weight excluding hydrogens is 330 g/mol. The Morgan fingerprint density at radius 2 is 1.70 bits per heavy atom. The first-order chi connectivity index (χ1) is 11.1. The topological polar surface area (TPSA) is 54.0 Å². The first-order valence-electron chi connectivity index (χ1n) is 6.97. The largest absolute Gasteiger partial charge is 0.323 e. The van der Waals surface area contributed by atoms with Gasteiger partial charge in [0, 0.05) is 10.9 Å². The summed E-state index contributed by atoms with van der Waals surface area (Å²) in [5.74, 6) is 0. The Morgan fingerprint density at radius 1 is 1.04 bits per heavy atom. The van der Waals surface area contributed by atoms with Crippen molar-refractivity contribution in [1.29, 1.82) is 0 Å². The summed E-state index contributed by atoms with van der Waals surface area (Å²) < 4.78 is 0. The standard InChI is InChI=1S/C17H14ClN3OS/c1-11-19-16(10-23-11)12-6-2-4-8-14(12)20-17(22)21-15-9-5-3-7-13(15)18/h2-10H,1H3,(H2,20,21,22). The molecule has 0 aliphatic carbocycles. The third-order valence-corrected chi connectivity index (χ3v) is 4.30. The number of thiazole rings is 1. The predicted molar refractivity (Wildman–Crippen MR) is 96.4 cm³/mol. The van der Waals surface area contributed by atoms with E-state index in [1.807, 2.05) is 48.7 Å². The molecular formula is C17H14ClN3OS. The highest BCUT2D eigenvalue weighted by Gasteiger charge is 2.11. The molecule has 0 aliphatic rings. The van der Waals surface area contributed by atoms with Crippen LogP contribution in [0.1, 0.15) is 5.01 Å². The number of aromatic nitrogens is 1. The number of halogens is 1. The van der Waals surface area contributed by atoms with Gasteiger partial charge in [0.15, 0.2) is 0 Å². The quantitative estimate of drug-likeness (QED) is 0.667. The molecule has 0 saturated heterocycles. The van der Waals surface area contributed by atoms with Gasteiger partial charge in [-0.3, -0.25) is 0 Å². The van der Waals surface area contributed by atoms with Crippen LogP contribution in [0.5, 0.6) is 0 Å². The Kier molecular flexibility index (Phi) is 4.60. The molecule has 23 heavy (non-hydrogen) atoms. The van der Waals surface area contributed by atoms with Crippen LogP contribution in [-0.2, 0) is 0 Å². The lowest BCUT2D eigenvalue weighted by Crippen LogP contribution is -2.20. The molecule has 2 N–H and O–H groups in total. The lowest BCUT2D eigenvalue weighted by molar-refractivity contribution is 0.262. The van der Waals surface area contributed by atoms with Gasteiger partial charge in [-0.2, -0.15) is 0 Å². The Balaban J connectivity index is 1.81. The van der Waals surface area contributed by atoms with Crippen molar-refractivity contribution in [2.75, 3.05) is 10.6 Å². The number of rotatable bonds is 3. The van der Waals surface area contributed by atoms with Gasteiger partial charge in [0.2, 0.25) is 0 Å². The van der Waals surface area contributed by atoms with E-state index in [1.165, 1.54) is 0 Å². The zero-order valence-corrected chi connectivity index (χ0v) is 13.9. The minimum absolute atomic E-state index is 0.350. The van der Waals surface area contributed by atoms with Crippen molar-refractivity contribution in [2.24, 2.45) is 0 Å². The second-order valence-electron chi connectivity index (χ2n) is 4.86.